The molecule has 0 saturated heterocycles. The van der Waals surface area contributed by atoms with Crippen LogP contribution < -0.4 is 5.32 Å². The van der Waals surface area contributed by atoms with Crippen LogP contribution in [-0.2, 0) is 22.6 Å². The molecule has 0 radical (unpaired) electrons. The zero-order chi connectivity index (χ0) is 25.0. The van der Waals surface area contributed by atoms with Crippen molar-refractivity contribution in [3.05, 3.63) is 101 Å². The molecule has 1 atom stereocenters. The van der Waals surface area contributed by atoms with Gasteiger partial charge in [-0.2, -0.15) is 0 Å². The van der Waals surface area contributed by atoms with Gasteiger partial charge in [0.15, 0.2) is 0 Å². The van der Waals surface area contributed by atoms with Gasteiger partial charge in [-0.15, -0.1) is 11.8 Å². The topological polar surface area (TPSA) is 49.4 Å². The average Bonchev–Trinajstić information content (AvgIpc) is 2.87. The quantitative estimate of drug-likeness (QED) is 0.257. The fourth-order valence-corrected chi connectivity index (χ4v) is 4.52. The molecule has 35 heavy (non-hydrogen) atoms. The first-order valence-corrected chi connectivity index (χ1v) is 13.0. The predicted molar refractivity (Wildman–Crippen MR) is 141 cm³/mol. The molecule has 4 nitrogen and oxygen atoms in total. The third-order valence-corrected chi connectivity index (χ3v) is 6.78. The van der Waals surface area contributed by atoms with E-state index in [1.807, 2.05) is 61.5 Å². The summed E-state index contributed by atoms with van der Waals surface area (Å²) < 4.78 is 14.6. The molecule has 2 amide bonds. The van der Waals surface area contributed by atoms with Gasteiger partial charge in [-0.3, -0.25) is 9.59 Å². The lowest BCUT2D eigenvalue weighted by Gasteiger charge is -2.31. The van der Waals surface area contributed by atoms with Gasteiger partial charge < -0.3 is 10.2 Å². The number of aryl methyl sites for hydroxylation is 1. The number of rotatable bonds is 12. The smallest absolute Gasteiger partial charge is 0.243 e. The van der Waals surface area contributed by atoms with Crippen LogP contribution in [0.1, 0.15) is 36.5 Å². The lowest BCUT2D eigenvalue weighted by atomic mass is 10.0. The molecule has 6 heteroatoms. The monoisotopic (exact) mass is 492 g/mol. The minimum Gasteiger partial charge on any atom is -0.354 e. The summed E-state index contributed by atoms with van der Waals surface area (Å²) in [4.78, 5) is 29.4. The summed E-state index contributed by atoms with van der Waals surface area (Å²) in [5.41, 5.74) is 2.48. The van der Waals surface area contributed by atoms with Gasteiger partial charge in [-0.25, -0.2) is 4.39 Å². The molecular formula is C29H33FN2O2S. The number of unbranched alkanes of at least 4 members (excludes halogenated alkanes) is 1. The molecule has 0 fully saturated rings. The highest BCUT2D eigenvalue weighted by Crippen LogP contribution is 2.22. The minimum atomic E-state index is -0.750. The number of carbonyl (C=O) groups excluding carboxylic acids is 2. The number of benzene rings is 3. The van der Waals surface area contributed by atoms with Crippen LogP contribution in [0.25, 0.3) is 0 Å². The van der Waals surface area contributed by atoms with Crippen LogP contribution in [-0.4, -0.2) is 35.1 Å². The number of thioether (sulfide) groups is 1. The second kappa shape index (κ2) is 13.7. The minimum absolute atomic E-state index is 0.0265. The molecule has 0 aliphatic carbocycles. The second-order valence-corrected chi connectivity index (χ2v) is 9.61. The molecule has 184 valence electrons. The van der Waals surface area contributed by atoms with E-state index >= 15 is 0 Å². The highest BCUT2D eigenvalue weighted by atomic mass is 32.2. The van der Waals surface area contributed by atoms with E-state index < -0.39 is 6.04 Å². The number of nitrogens with zero attached hydrogens (tertiary/aromatic N) is 1. The van der Waals surface area contributed by atoms with Crippen molar-refractivity contribution in [3.63, 3.8) is 0 Å². The molecule has 0 bridgehead atoms. The Kier molecular flexibility index (Phi) is 10.4. The van der Waals surface area contributed by atoms with Gasteiger partial charge in [-0.1, -0.05) is 79.6 Å². The summed E-state index contributed by atoms with van der Waals surface area (Å²) in [6, 6.07) is 23.3. The van der Waals surface area contributed by atoms with E-state index in [4.69, 9.17) is 0 Å². The van der Waals surface area contributed by atoms with Crippen LogP contribution in [0, 0.1) is 12.7 Å². The van der Waals surface area contributed by atoms with E-state index in [9.17, 15) is 14.0 Å². The van der Waals surface area contributed by atoms with Crippen molar-refractivity contribution in [3.8, 4) is 0 Å². The molecule has 0 aliphatic heterocycles. The molecule has 3 aromatic carbocycles. The maximum atomic E-state index is 14.6. The van der Waals surface area contributed by atoms with Gasteiger partial charge in [0.05, 0.1) is 5.75 Å². The molecule has 1 N–H and O–H groups in total. The van der Waals surface area contributed by atoms with Crippen molar-refractivity contribution < 1.29 is 14.0 Å². The summed E-state index contributed by atoms with van der Waals surface area (Å²) in [5, 5.41) is 2.99. The molecular weight excluding hydrogens is 459 g/mol. The Bertz CT molecular complexity index is 1090. The first-order chi connectivity index (χ1) is 17.0. The Labute approximate surface area is 211 Å². The molecule has 0 heterocycles. The van der Waals surface area contributed by atoms with E-state index in [2.05, 4.69) is 12.2 Å². The Balaban J connectivity index is 1.88. The van der Waals surface area contributed by atoms with E-state index in [0.717, 1.165) is 28.9 Å². The molecule has 0 aliphatic rings. The number of carbonyl (C=O) groups is 2. The zero-order valence-electron chi connectivity index (χ0n) is 20.4. The number of halogens is 1. The van der Waals surface area contributed by atoms with Gasteiger partial charge in [-0.05, 0) is 37.1 Å². The molecule has 0 spiro atoms. The van der Waals surface area contributed by atoms with Crippen LogP contribution in [0.4, 0.5) is 4.39 Å². The van der Waals surface area contributed by atoms with E-state index in [1.165, 1.54) is 22.7 Å². The Morgan fingerprint density at radius 2 is 1.66 bits per heavy atom. The zero-order valence-corrected chi connectivity index (χ0v) is 21.2. The number of hydrogen-bond donors (Lipinski definition) is 1. The molecule has 3 aromatic rings. The van der Waals surface area contributed by atoms with E-state index in [0.29, 0.717) is 18.5 Å². The number of nitrogens with one attached hydrogen (secondary N) is 1. The van der Waals surface area contributed by atoms with Crippen molar-refractivity contribution in [2.24, 2.45) is 0 Å². The molecule has 0 aromatic heterocycles. The summed E-state index contributed by atoms with van der Waals surface area (Å²) in [7, 11) is 0. The summed E-state index contributed by atoms with van der Waals surface area (Å²) in [5.74, 6) is -0.649. The van der Waals surface area contributed by atoms with Crippen molar-refractivity contribution in [2.75, 3.05) is 12.3 Å². The van der Waals surface area contributed by atoms with Crippen molar-refractivity contribution in [1.29, 1.82) is 0 Å². The Hall–Kier alpha value is -3.12. The highest BCUT2D eigenvalue weighted by molar-refractivity contribution is 8.00. The third-order valence-electron chi connectivity index (χ3n) is 5.78. The fraction of sp³-hybridized carbons (Fsp3) is 0.310. The van der Waals surface area contributed by atoms with Crippen molar-refractivity contribution in [2.45, 2.75) is 50.6 Å². The first-order valence-electron chi connectivity index (χ1n) is 12.0. The molecule has 0 unspecified atom stereocenters. The van der Waals surface area contributed by atoms with Gasteiger partial charge in [0.25, 0.3) is 0 Å². The van der Waals surface area contributed by atoms with Gasteiger partial charge in [0.1, 0.15) is 11.9 Å². The fourth-order valence-electron chi connectivity index (χ4n) is 3.73. The van der Waals surface area contributed by atoms with Crippen molar-refractivity contribution in [1.82, 2.24) is 10.2 Å². The van der Waals surface area contributed by atoms with Gasteiger partial charge in [0, 0.05) is 30.0 Å². The lowest BCUT2D eigenvalue weighted by Crippen LogP contribution is -2.51. The lowest BCUT2D eigenvalue weighted by molar-refractivity contribution is -0.139. The largest absolute Gasteiger partial charge is 0.354 e. The Morgan fingerprint density at radius 3 is 2.34 bits per heavy atom. The van der Waals surface area contributed by atoms with E-state index in [1.54, 1.807) is 18.2 Å². The Morgan fingerprint density at radius 1 is 0.971 bits per heavy atom. The van der Waals surface area contributed by atoms with Crippen LogP contribution >= 0.6 is 11.8 Å². The maximum absolute atomic E-state index is 14.6. The number of hydrogen-bond acceptors (Lipinski definition) is 3. The SMILES string of the molecule is CCCCNC(=O)[C@H](Cc1ccccc1)N(Cc1ccccc1F)C(=O)CSc1ccc(C)cc1. The van der Waals surface area contributed by atoms with Gasteiger partial charge >= 0.3 is 0 Å². The normalized spacial score (nSPS) is 11.6. The second-order valence-electron chi connectivity index (χ2n) is 8.56. The van der Waals surface area contributed by atoms with E-state index in [-0.39, 0.29) is 29.9 Å². The maximum Gasteiger partial charge on any atom is 0.243 e. The first kappa shape index (κ1) is 26.5. The average molecular weight is 493 g/mol. The number of amides is 2. The summed E-state index contributed by atoms with van der Waals surface area (Å²) in [6.07, 6.45) is 2.16. The third kappa shape index (κ3) is 8.25. The van der Waals surface area contributed by atoms with Crippen LogP contribution in [0.15, 0.2) is 83.8 Å². The predicted octanol–water partition coefficient (Wildman–Crippen LogP) is 5.78. The van der Waals surface area contributed by atoms with Crippen LogP contribution in [0.5, 0.6) is 0 Å². The summed E-state index contributed by atoms with van der Waals surface area (Å²) >= 11 is 1.42. The summed E-state index contributed by atoms with van der Waals surface area (Å²) in [6.45, 7) is 4.64. The van der Waals surface area contributed by atoms with Crippen molar-refractivity contribution >= 4 is 23.6 Å². The molecule has 3 rings (SSSR count). The van der Waals surface area contributed by atoms with Crippen LogP contribution in [0.3, 0.4) is 0 Å². The molecule has 0 saturated carbocycles. The van der Waals surface area contributed by atoms with Crippen LogP contribution in [0.2, 0.25) is 0 Å². The van der Waals surface area contributed by atoms with Gasteiger partial charge in [0.2, 0.25) is 11.8 Å². The highest BCUT2D eigenvalue weighted by Gasteiger charge is 2.30. The standard InChI is InChI=1S/C29H33FN2O2S/c1-3-4-18-31-29(34)27(19-23-10-6-5-7-11-23)32(20-24-12-8-9-13-26(24)30)28(33)21-35-25-16-14-22(2)15-17-25/h5-17,27H,3-4,18-21H2,1-2H3,(H,31,34)/t27-/m0/s1.